The Hall–Kier alpha value is -3.61. The molecule has 2 heterocycles. The summed E-state index contributed by atoms with van der Waals surface area (Å²) in [6.07, 6.45) is -3.41. The van der Waals surface area contributed by atoms with Crippen molar-refractivity contribution < 1.29 is 37.0 Å². The molecule has 0 aliphatic carbocycles. The monoisotopic (exact) mass is 526 g/mol. The molecule has 192 valence electrons. The van der Waals surface area contributed by atoms with Crippen LogP contribution in [0.2, 0.25) is 0 Å². The highest BCUT2D eigenvalue weighted by molar-refractivity contribution is 8.14. The molecule has 0 saturated carbocycles. The highest BCUT2D eigenvalue weighted by Gasteiger charge is 2.42. The van der Waals surface area contributed by atoms with Gasteiger partial charge in [-0.25, -0.2) is 19.2 Å². The van der Waals surface area contributed by atoms with Crippen LogP contribution in [0.5, 0.6) is 0 Å². The summed E-state index contributed by atoms with van der Waals surface area (Å²) in [6, 6.07) is 6.76. The molecule has 0 unspecified atom stereocenters. The lowest BCUT2D eigenvalue weighted by molar-refractivity contribution is -0.141. The molecule has 1 N–H and O–H groups in total. The molecule has 1 aromatic heterocycles. The van der Waals surface area contributed by atoms with Crippen LogP contribution in [0.15, 0.2) is 58.9 Å². The van der Waals surface area contributed by atoms with Crippen LogP contribution in [0.3, 0.4) is 0 Å². The summed E-state index contributed by atoms with van der Waals surface area (Å²) < 4.78 is 57.5. The molecule has 0 bridgehead atoms. The van der Waals surface area contributed by atoms with Crippen molar-refractivity contribution in [3.63, 3.8) is 0 Å². The van der Waals surface area contributed by atoms with Crippen LogP contribution in [0.4, 0.5) is 33.7 Å². The van der Waals surface area contributed by atoms with E-state index in [4.69, 9.17) is 4.74 Å². The van der Waals surface area contributed by atoms with Crippen molar-refractivity contribution in [2.24, 2.45) is 4.99 Å². The van der Waals surface area contributed by atoms with E-state index in [-0.39, 0.29) is 22.0 Å². The molecule has 36 heavy (non-hydrogen) atoms. The average Bonchev–Trinajstić information content (AvgIpc) is 2.77. The molecule has 0 atom stereocenters. The number of thioether (sulfide) groups is 1. The van der Waals surface area contributed by atoms with Crippen molar-refractivity contribution in [3.8, 4) is 0 Å². The van der Waals surface area contributed by atoms with E-state index in [2.05, 4.69) is 9.98 Å². The Morgan fingerprint density at radius 2 is 1.78 bits per heavy atom. The number of aliphatic hydroxyl groups excluding tert-OH is 1. The van der Waals surface area contributed by atoms with Gasteiger partial charge in [-0.3, -0.25) is 9.80 Å². The number of aliphatic imine (C=N–C) groups is 1. The number of ether oxygens (including phenoxy) is 1. The molecule has 2 aromatic rings. The standard InChI is InChI=1S/C23H22F4N4O4S/c1-22(2,3)35-21(34)31-20(33)18(19(36-4)29-14-7-5-13(24)6-8-14)16(32)12-30(31)15-9-10-17(28-11-15)23(25,26)27/h5-11,32H,12H2,1-4H3. The van der Waals surface area contributed by atoms with Crippen molar-refractivity contribution in [1.82, 2.24) is 9.99 Å². The zero-order valence-electron chi connectivity index (χ0n) is 19.6. The quantitative estimate of drug-likeness (QED) is 0.314. The van der Waals surface area contributed by atoms with Crippen LogP contribution in [0.1, 0.15) is 26.5 Å². The van der Waals surface area contributed by atoms with Gasteiger partial charge in [0.15, 0.2) is 0 Å². The first-order chi connectivity index (χ1) is 16.7. The lowest BCUT2D eigenvalue weighted by Gasteiger charge is -2.38. The van der Waals surface area contributed by atoms with Crippen molar-refractivity contribution >= 4 is 40.2 Å². The summed E-state index contributed by atoms with van der Waals surface area (Å²) in [5, 5.41) is 12.4. The molecule has 8 nitrogen and oxygen atoms in total. The van der Waals surface area contributed by atoms with Crippen LogP contribution in [0.25, 0.3) is 0 Å². The number of carbonyl (C=O) groups excluding carboxylic acids is 2. The Morgan fingerprint density at radius 3 is 2.28 bits per heavy atom. The number of nitrogens with zero attached hydrogens (tertiary/aromatic N) is 4. The first-order valence-corrected chi connectivity index (χ1v) is 11.6. The normalized spacial score (nSPS) is 15.4. The number of alkyl halides is 3. The van der Waals surface area contributed by atoms with Gasteiger partial charge in [-0.1, -0.05) is 0 Å². The maximum atomic E-state index is 13.5. The van der Waals surface area contributed by atoms with E-state index >= 15 is 0 Å². The molecule has 2 amide bonds. The number of imide groups is 1. The zero-order chi connectivity index (χ0) is 26.8. The first kappa shape index (κ1) is 27.0. The number of halogens is 4. The van der Waals surface area contributed by atoms with Crippen LogP contribution in [-0.4, -0.2) is 50.5 Å². The fourth-order valence-electron chi connectivity index (χ4n) is 3.08. The van der Waals surface area contributed by atoms with Gasteiger partial charge in [0.25, 0.3) is 5.91 Å². The fraction of sp³-hybridized carbons (Fsp3) is 0.304. The Kier molecular flexibility index (Phi) is 7.62. The summed E-state index contributed by atoms with van der Waals surface area (Å²) in [5.74, 6) is -2.01. The van der Waals surface area contributed by atoms with Crippen LogP contribution >= 0.6 is 11.8 Å². The third-order valence-electron chi connectivity index (χ3n) is 4.60. The molecule has 13 heteroatoms. The number of aromatic nitrogens is 1. The fourth-order valence-corrected chi connectivity index (χ4v) is 3.69. The van der Waals surface area contributed by atoms with Gasteiger partial charge in [0.1, 0.15) is 33.5 Å². The maximum Gasteiger partial charge on any atom is 0.437 e. The Morgan fingerprint density at radius 1 is 1.14 bits per heavy atom. The number of pyridine rings is 1. The van der Waals surface area contributed by atoms with E-state index in [0.29, 0.717) is 11.1 Å². The van der Waals surface area contributed by atoms with Gasteiger partial charge in [0.2, 0.25) is 0 Å². The SMILES string of the molecule is CSC(=Nc1ccc(F)cc1)C1=C(O)CN(c2ccc(C(F)(F)F)nc2)N(C(=O)OC(C)(C)C)C1=O. The number of hydrogen-bond acceptors (Lipinski definition) is 8. The van der Waals surface area contributed by atoms with E-state index in [1.165, 1.54) is 24.3 Å². The van der Waals surface area contributed by atoms with Gasteiger partial charge in [0, 0.05) is 0 Å². The predicted octanol–water partition coefficient (Wildman–Crippen LogP) is 5.64. The molecular weight excluding hydrogens is 504 g/mol. The summed E-state index contributed by atoms with van der Waals surface area (Å²) >= 11 is 0.994. The van der Waals surface area contributed by atoms with Crippen LogP contribution < -0.4 is 5.01 Å². The number of rotatable bonds is 3. The molecule has 0 fully saturated rings. The van der Waals surface area contributed by atoms with Gasteiger partial charge in [-0.05, 0) is 63.4 Å². The molecule has 0 radical (unpaired) electrons. The lowest BCUT2D eigenvalue weighted by Crippen LogP contribution is -2.56. The molecular formula is C23H22F4N4O4S. The van der Waals surface area contributed by atoms with Crippen LogP contribution in [0, 0.1) is 5.82 Å². The predicted molar refractivity (Wildman–Crippen MR) is 126 cm³/mol. The minimum atomic E-state index is -4.69. The second-order valence-electron chi connectivity index (χ2n) is 8.47. The van der Waals surface area contributed by atoms with Crippen molar-refractivity contribution in [2.45, 2.75) is 32.5 Å². The van der Waals surface area contributed by atoms with Gasteiger partial charge in [0.05, 0.1) is 24.1 Å². The van der Waals surface area contributed by atoms with E-state index < -0.39 is 47.6 Å². The number of hydrogen-bond donors (Lipinski definition) is 1. The zero-order valence-corrected chi connectivity index (χ0v) is 20.4. The van der Waals surface area contributed by atoms with Crippen molar-refractivity contribution in [2.75, 3.05) is 17.8 Å². The van der Waals surface area contributed by atoms with E-state index in [0.717, 1.165) is 29.0 Å². The average molecular weight is 527 g/mol. The first-order valence-electron chi connectivity index (χ1n) is 10.4. The number of anilines is 1. The van der Waals surface area contributed by atoms with Gasteiger partial charge in [-0.2, -0.15) is 13.2 Å². The third-order valence-corrected chi connectivity index (χ3v) is 5.29. The van der Waals surface area contributed by atoms with Crippen molar-refractivity contribution in [3.05, 3.63) is 65.4 Å². The highest BCUT2D eigenvalue weighted by atomic mass is 32.2. The van der Waals surface area contributed by atoms with Crippen molar-refractivity contribution in [1.29, 1.82) is 0 Å². The summed E-state index contributed by atoms with van der Waals surface area (Å²) in [5.41, 5.74) is -2.29. The van der Waals surface area contributed by atoms with E-state index in [1.54, 1.807) is 27.0 Å². The second-order valence-corrected chi connectivity index (χ2v) is 9.27. The van der Waals surface area contributed by atoms with Crippen LogP contribution in [-0.2, 0) is 15.7 Å². The third kappa shape index (κ3) is 6.14. The second kappa shape index (κ2) is 10.2. The largest absolute Gasteiger partial charge is 0.509 e. The topological polar surface area (TPSA) is 95.3 Å². The molecule has 0 spiro atoms. The molecule has 0 saturated heterocycles. The molecule has 1 aliphatic rings. The summed E-state index contributed by atoms with van der Waals surface area (Å²) in [6.45, 7) is 4.24. The highest BCUT2D eigenvalue weighted by Crippen LogP contribution is 2.32. The molecule has 1 aliphatic heterocycles. The van der Waals surface area contributed by atoms with Gasteiger partial charge >= 0.3 is 12.3 Å². The Labute approximate surface area is 208 Å². The number of hydrazine groups is 1. The van der Waals surface area contributed by atoms with Gasteiger partial charge in [-0.15, -0.1) is 16.8 Å². The number of amides is 2. The van der Waals surface area contributed by atoms with E-state index in [1.807, 2.05) is 0 Å². The minimum Gasteiger partial charge on any atom is -0.509 e. The molecule has 1 aromatic carbocycles. The van der Waals surface area contributed by atoms with Gasteiger partial charge < -0.3 is 9.84 Å². The lowest BCUT2D eigenvalue weighted by atomic mass is 10.1. The Bertz CT molecular complexity index is 1210. The summed E-state index contributed by atoms with van der Waals surface area (Å²) in [4.78, 5) is 34.2. The number of benzene rings is 1. The number of carbonyl (C=O) groups is 2. The summed E-state index contributed by atoms with van der Waals surface area (Å²) in [7, 11) is 0. The minimum absolute atomic E-state index is 0.0304. The molecule has 3 rings (SSSR count). The maximum absolute atomic E-state index is 13.5. The Balaban J connectivity index is 2.09. The van der Waals surface area contributed by atoms with E-state index in [9.17, 15) is 32.3 Å². The smallest absolute Gasteiger partial charge is 0.437 e. The number of aliphatic hydroxyl groups is 1.